The van der Waals surface area contributed by atoms with E-state index >= 15 is 0 Å². The molecular formula is C21H24N4O2S. The number of benzene rings is 2. The Kier molecular flexibility index (Phi) is 5.65. The molecule has 1 heterocycles. The summed E-state index contributed by atoms with van der Waals surface area (Å²) in [5.41, 5.74) is 8.13. The van der Waals surface area contributed by atoms with Crippen LogP contribution in [0.5, 0.6) is 0 Å². The minimum Gasteiger partial charge on any atom is -0.382 e. The van der Waals surface area contributed by atoms with Gasteiger partial charge in [-0.25, -0.2) is 13.4 Å². The molecule has 0 saturated carbocycles. The summed E-state index contributed by atoms with van der Waals surface area (Å²) in [5.74, 6) is 0.350. The SMILES string of the molecule is Cc1ccc(S(=O)(=O)c2cnc(N(Cc3ccccc3)C(C)C)nc2N)cc1. The fourth-order valence-electron chi connectivity index (χ4n) is 2.83. The third-order valence-electron chi connectivity index (χ3n) is 4.47. The summed E-state index contributed by atoms with van der Waals surface area (Å²) in [6, 6.07) is 16.7. The molecule has 0 unspecified atom stereocenters. The quantitative estimate of drug-likeness (QED) is 0.685. The van der Waals surface area contributed by atoms with E-state index in [2.05, 4.69) is 9.97 Å². The number of anilines is 2. The predicted molar refractivity (Wildman–Crippen MR) is 111 cm³/mol. The Labute approximate surface area is 166 Å². The molecule has 0 amide bonds. The highest BCUT2D eigenvalue weighted by Gasteiger charge is 2.24. The van der Waals surface area contributed by atoms with Gasteiger partial charge in [-0.05, 0) is 38.5 Å². The van der Waals surface area contributed by atoms with Gasteiger partial charge in [0.2, 0.25) is 15.8 Å². The van der Waals surface area contributed by atoms with Crippen molar-refractivity contribution in [1.82, 2.24) is 9.97 Å². The van der Waals surface area contributed by atoms with E-state index in [1.807, 2.05) is 56.0 Å². The maximum Gasteiger partial charge on any atom is 0.227 e. The Bertz CT molecular complexity index is 1050. The van der Waals surface area contributed by atoms with Gasteiger partial charge in [-0.1, -0.05) is 48.0 Å². The number of nitrogens with two attached hydrogens (primary N) is 1. The summed E-state index contributed by atoms with van der Waals surface area (Å²) < 4.78 is 25.8. The zero-order chi connectivity index (χ0) is 20.3. The maximum atomic E-state index is 12.9. The molecular weight excluding hydrogens is 372 g/mol. The normalized spacial score (nSPS) is 11.6. The molecule has 0 aliphatic carbocycles. The van der Waals surface area contributed by atoms with Crippen molar-refractivity contribution in [2.24, 2.45) is 0 Å². The highest BCUT2D eigenvalue weighted by atomic mass is 32.2. The van der Waals surface area contributed by atoms with Crippen LogP contribution in [-0.2, 0) is 16.4 Å². The number of hydrogen-bond donors (Lipinski definition) is 1. The number of nitrogen functional groups attached to an aromatic ring is 1. The van der Waals surface area contributed by atoms with Crippen LogP contribution < -0.4 is 10.6 Å². The second-order valence-corrected chi connectivity index (χ2v) is 8.86. The first-order chi connectivity index (χ1) is 13.3. The molecule has 0 bridgehead atoms. The number of nitrogens with zero attached hydrogens (tertiary/aromatic N) is 3. The van der Waals surface area contributed by atoms with E-state index in [4.69, 9.17) is 5.73 Å². The third kappa shape index (κ3) is 4.14. The van der Waals surface area contributed by atoms with Gasteiger partial charge in [0.1, 0.15) is 10.7 Å². The van der Waals surface area contributed by atoms with Crippen molar-refractivity contribution in [3.63, 3.8) is 0 Å². The highest BCUT2D eigenvalue weighted by Crippen LogP contribution is 2.26. The molecule has 6 nitrogen and oxygen atoms in total. The van der Waals surface area contributed by atoms with Gasteiger partial charge in [-0.3, -0.25) is 0 Å². The second kappa shape index (κ2) is 7.98. The lowest BCUT2D eigenvalue weighted by molar-refractivity contribution is 0.595. The Balaban J connectivity index is 1.95. The lowest BCUT2D eigenvalue weighted by Gasteiger charge is -2.27. The van der Waals surface area contributed by atoms with Crippen molar-refractivity contribution in [1.29, 1.82) is 0 Å². The predicted octanol–water partition coefficient (Wildman–Crippen LogP) is 3.62. The molecule has 0 radical (unpaired) electrons. The van der Waals surface area contributed by atoms with E-state index < -0.39 is 9.84 Å². The van der Waals surface area contributed by atoms with Gasteiger partial charge in [-0.2, -0.15) is 4.98 Å². The Morgan fingerprint density at radius 3 is 2.25 bits per heavy atom. The first-order valence-electron chi connectivity index (χ1n) is 9.04. The van der Waals surface area contributed by atoms with Crippen molar-refractivity contribution < 1.29 is 8.42 Å². The molecule has 7 heteroatoms. The number of aryl methyl sites for hydroxylation is 1. The van der Waals surface area contributed by atoms with Gasteiger partial charge in [0, 0.05) is 12.6 Å². The molecule has 0 aliphatic heterocycles. The van der Waals surface area contributed by atoms with Crippen LogP contribution in [0.2, 0.25) is 0 Å². The highest BCUT2D eigenvalue weighted by molar-refractivity contribution is 7.91. The second-order valence-electron chi connectivity index (χ2n) is 6.94. The van der Waals surface area contributed by atoms with E-state index in [1.54, 1.807) is 24.3 Å². The van der Waals surface area contributed by atoms with Crippen LogP contribution in [0.4, 0.5) is 11.8 Å². The van der Waals surface area contributed by atoms with E-state index in [1.165, 1.54) is 6.20 Å². The molecule has 0 saturated heterocycles. The average molecular weight is 397 g/mol. The zero-order valence-corrected chi connectivity index (χ0v) is 17.0. The number of hydrogen-bond acceptors (Lipinski definition) is 6. The average Bonchev–Trinajstić information content (AvgIpc) is 2.66. The maximum absolute atomic E-state index is 12.9. The molecule has 146 valence electrons. The van der Waals surface area contributed by atoms with E-state index in [9.17, 15) is 8.42 Å². The lowest BCUT2D eigenvalue weighted by Crippen LogP contribution is -2.32. The van der Waals surface area contributed by atoms with Gasteiger partial charge >= 0.3 is 0 Å². The van der Waals surface area contributed by atoms with Crippen LogP contribution in [0.3, 0.4) is 0 Å². The molecule has 2 N–H and O–H groups in total. The van der Waals surface area contributed by atoms with Gasteiger partial charge < -0.3 is 10.6 Å². The molecule has 3 aromatic rings. The lowest BCUT2D eigenvalue weighted by atomic mass is 10.2. The fraction of sp³-hybridized carbons (Fsp3) is 0.238. The van der Waals surface area contributed by atoms with Crippen LogP contribution in [0.25, 0.3) is 0 Å². The molecule has 0 aliphatic rings. The Morgan fingerprint density at radius 2 is 1.68 bits per heavy atom. The molecule has 28 heavy (non-hydrogen) atoms. The Morgan fingerprint density at radius 1 is 1.04 bits per heavy atom. The van der Waals surface area contributed by atoms with Gasteiger partial charge in [0.15, 0.2) is 0 Å². The summed E-state index contributed by atoms with van der Waals surface area (Å²) in [6.45, 7) is 6.55. The standard InChI is InChI=1S/C21H24N4O2S/c1-15(2)25(14-17-7-5-4-6-8-17)21-23-13-19(20(22)24-21)28(26,27)18-11-9-16(3)10-12-18/h4-13,15H,14H2,1-3H3,(H2,22,23,24). The first kappa shape index (κ1) is 19.8. The van der Waals surface area contributed by atoms with Crippen LogP contribution >= 0.6 is 0 Å². The fourth-order valence-corrected chi connectivity index (χ4v) is 4.09. The summed E-state index contributed by atoms with van der Waals surface area (Å²) in [7, 11) is -3.78. The first-order valence-corrected chi connectivity index (χ1v) is 10.5. The Hall–Kier alpha value is -2.93. The third-order valence-corrected chi connectivity index (χ3v) is 6.25. The van der Waals surface area contributed by atoms with Crippen LogP contribution in [0.1, 0.15) is 25.0 Å². The van der Waals surface area contributed by atoms with Crippen molar-refractivity contribution in [3.8, 4) is 0 Å². The monoisotopic (exact) mass is 396 g/mol. The zero-order valence-electron chi connectivity index (χ0n) is 16.2. The minimum atomic E-state index is -3.78. The largest absolute Gasteiger partial charge is 0.382 e. The summed E-state index contributed by atoms with van der Waals surface area (Å²) >= 11 is 0. The van der Waals surface area contributed by atoms with Crippen molar-refractivity contribution in [3.05, 3.63) is 71.9 Å². The molecule has 0 fully saturated rings. The molecule has 2 aromatic carbocycles. The van der Waals surface area contributed by atoms with Crippen molar-refractivity contribution in [2.75, 3.05) is 10.6 Å². The van der Waals surface area contributed by atoms with Crippen LogP contribution in [0, 0.1) is 6.92 Å². The number of rotatable bonds is 6. The topological polar surface area (TPSA) is 89.2 Å². The van der Waals surface area contributed by atoms with E-state index in [0.29, 0.717) is 12.5 Å². The van der Waals surface area contributed by atoms with Crippen molar-refractivity contribution >= 4 is 21.6 Å². The van der Waals surface area contributed by atoms with Crippen LogP contribution in [-0.4, -0.2) is 24.4 Å². The van der Waals surface area contributed by atoms with Gasteiger partial charge in [0.05, 0.1) is 11.1 Å². The summed E-state index contributed by atoms with van der Waals surface area (Å²) in [4.78, 5) is 10.7. The summed E-state index contributed by atoms with van der Waals surface area (Å²) in [6.07, 6.45) is 1.30. The van der Waals surface area contributed by atoms with Crippen LogP contribution in [0.15, 0.2) is 70.6 Å². The molecule has 0 atom stereocenters. The summed E-state index contributed by atoms with van der Waals surface area (Å²) in [5, 5.41) is 0. The molecule has 1 aromatic heterocycles. The van der Waals surface area contributed by atoms with E-state index in [-0.39, 0.29) is 21.7 Å². The number of aromatic nitrogens is 2. The molecule has 0 spiro atoms. The van der Waals surface area contributed by atoms with E-state index in [0.717, 1.165) is 11.1 Å². The molecule has 3 rings (SSSR count). The van der Waals surface area contributed by atoms with Crippen molar-refractivity contribution in [2.45, 2.75) is 43.1 Å². The smallest absolute Gasteiger partial charge is 0.227 e. The van der Waals surface area contributed by atoms with Gasteiger partial charge in [-0.15, -0.1) is 0 Å². The minimum absolute atomic E-state index is 0.0516. The van der Waals surface area contributed by atoms with Gasteiger partial charge in [0.25, 0.3) is 0 Å². The number of sulfone groups is 1.